The van der Waals surface area contributed by atoms with Gasteiger partial charge in [-0.05, 0) is 41.5 Å². The molecule has 3 heteroatoms. The molecule has 0 spiro atoms. The van der Waals surface area contributed by atoms with Gasteiger partial charge in [0.15, 0.2) is 0 Å². The molecule has 13 heavy (non-hydrogen) atoms. The van der Waals surface area contributed by atoms with Crippen LogP contribution in [-0.4, -0.2) is 16.4 Å². The summed E-state index contributed by atoms with van der Waals surface area (Å²) in [5.74, 6) is 0. The first kappa shape index (κ1) is 18.6. The predicted molar refractivity (Wildman–Crippen MR) is 58.8 cm³/mol. The van der Waals surface area contributed by atoms with Gasteiger partial charge < -0.3 is 5.73 Å². The van der Waals surface area contributed by atoms with Crippen LogP contribution in [0.1, 0.15) is 55.4 Å². The third-order valence-corrected chi connectivity index (χ3v) is 0.274. The largest absolute Gasteiger partial charge is 0.326 e. The van der Waals surface area contributed by atoms with E-state index < -0.39 is 5.60 Å². The molecule has 0 saturated carbocycles. The molecule has 0 aliphatic rings. The Kier molecular flexibility index (Phi) is 12.1. The van der Waals surface area contributed by atoms with Crippen LogP contribution in [0.5, 0.6) is 0 Å². The van der Waals surface area contributed by atoms with Crippen molar-refractivity contribution in [2.75, 3.05) is 0 Å². The maximum absolute atomic E-state index is 7.90. The van der Waals surface area contributed by atoms with Crippen LogP contribution in [0, 0.1) is 0 Å². The second-order valence-electron chi connectivity index (χ2n) is 4.57. The highest BCUT2D eigenvalue weighted by molar-refractivity contribution is 4.60. The standard InChI is InChI=1S/C4H11N.C4H10O2.C2H6/c1-4(2,3)5;1-4(2,3)6-5;1-2/h5H2,1-3H3;5H,1-3H3;1-2H3. The summed E-state index contributed by atoms with van der Waals surface area (Å²) in [6, 6.07) is 0. The van der Waals surface area contributed by atoms with Gasteiger partial charge in [-0.2, -0.15) is 0 Å². The Hall–Kier alpha value is -0.120. The Morgan fingerprint density at radius 2 is 1.00 bits per heavy atom. The zero-order valence-electron chi connectivity index (χ0n) is 10.4. The quantitative estimate of drug-likeness (QED) is 0.459. The van der Waals surface area contributed by atoms with Crippen LogP contribution in [0.4, 0.5) is 0 Å². The molecule has 0 bridgehead atoms. The first-order chi connectivity index (χ1) is 5.56. The Balaban J connectivity index is -0.000000131. The van der Waals surface area contributed by atoms with Crippen molar-refractivity contribution < 1.29 is 10.1 Å². The molecule has 0 atom stereocenters. The fourth-order valence-electron chi connectivity index (χ4n) is 0. The fraction of sp³-hybridized carbons (Fsp3) is 1.00. The van der Waals surface area contributed by atoms with Crippen LogP contribution in [0.15, 0.2) is 0 Å². The van der Waals surface area contributed by atoms with Gasteiger partial charge >= 0.3 is 0 Å². The Morgan fingerprint density at radius 1 is 0.923 bits per heavy atom. The molecule has 84 valence electrons. The van der Waals surface area contributed by atoms with Crippen molar-refractivity contribution in [2.24, 2.45) is 5.73 Å². The molecule has 0 heterocycles. The van der Waals surface area contributed by atoms with Crippen LogP contribution in [0.25, 0.3) is 0 Å². The smallest absolute Gasteiger partial charge is 0.0949 e. The van der Waals surface area contributed by atoms with Gasteiger partial charge in [-0.25, -0.2) is 4.89 Å². The maximum atomic E-state index is 7.90. The molecule has 0 rings (SSSR count). The zero-order chi connectivity index (χ0) is 11.7. The number of hydrogen-bond donors (Lipinski definition) is 2. The zero-order valence-corrected chi connectivity index (χ0v) is 10.4. The lowest BCUT2D eigenvalue weighted by Crippen LogP contribution is -2.26. The summed E-state index contributed by atoms with van der Waals surface area (Å²) in [4.78, 5) is 3.94. The molecule has 0 aromatic carbocycles. The van der Waals surface area contributed by atoms with Crippen molar-refractivity contribution in [3.05, 3.63) is 0 Å². The first-order valence-electron chi connectivity index (χ1n) is 4.68. The van der Waals surface area contributed by atoms with E-state index in [0.29, 0.717) is 0 Å². The molecule has 0 amide bonds. The van der Waals surface area contributed by atoms with Crippen molar-refractivity contribution in [1.82, 2.24) is 0 Å². The molecular weight excluding hydrogens is 166 g/mol. The third kappa shape index (κ3) is 140. The lowest BCUT2D eigenvalue weighted by atomic mass is 10.1. The minimum atomic E-state index is -0.403. The second kappa shape index (κ2) is 8.48. The van der Waals surface area contributed by atoms with Gasteiger partial charge in [0.1, 0.15) is 0 Å². The SMILES string of the molecule is CC.CC(C)(C)N.CC(C)(C)OO. The van der Waals surface area contributed by atoms with Crippen LogP contribution in [-0.2, 0) is 4.89 Å². The maximum Gasteiger partial charge on any atom is 0.0949 e. The lowest BCUT2D eigenvalue weighted by Gasteiger charge is -2.10. The van der Waals surface area contributed by atoms with E-state index in [4.69, 9.17) is 11.0 Å². The topological polar surface area (TPSA) is 55.5 Å². The molecule has 0 aromatic heterocycles. The second-order valence-corrected chi connectivity index (χ2v) is 4.57. The number of rotatable bonds is 0. The van der Waals surface area contributed by atoms with Gasteiger partial charge in [0.05, 0.1) is 5.60 Å². The van der Waals surface area contributed by atoms with E-state index in [1.54, 1.807) is 20.8 Å². The van der Waals surface area contributed by atoms with Crippen molar-refractivity contribution in [2.45, 2.75) is 66.5 Å². The van der Waals surface area contributed by atoms with E-state index in [0.717, 1.165) is 0 Å². The summed E-state index contributed by atoms with van der Waals surface area (Å²) < 4.78 is 0. The van der Waals surface area contributed by atoms with E-state index in [2.05, 4.69) is 4.89 Å². The molecule has 3 N–H and O–H groups in total. The van der Waals surface area contributed by atoms with Crippen LogP contribution >= 0.6 is 0 Å². The number of hydrogen-bond acceptors (Lipinski definition) is 3. The van der Waals surface area contributed by atoms with Crippen molar-refractivity contribution in [3.63, 3.8) is 0 Å². The minimum absolute atomic E-state index is 0. The summed E-state index contributed by atoms with van der Waals surface area (Å²) in [5, 5.41) is 7.90. The Labute approximate surface area is 83.2 Å². The molecule has 3 nitrogen and oxygen atoms in total. The van der Waals surface area contributed by atoms with Gasteiger partial charge in [-0.3, -0.25) is 5.26 Å². The van der Waals surface area contributed by atoms with Gasteiger partial charge in [0.25, 0.3) is 0 Å². The summed E-state index contributed by atoms with van der Waals surface area (Å²) in [5.41, 5.74) is 4.95. The van der Waals surface area contributed by atoms with Gasteiger partial charge in [-0.1, -0.05) is 13.8 Å². The van der Waals surface area contributed by atoms with Crippen molar-refractivity contribution >= 4 is 0 Å². The molecule has 0 aliphatic carbocycles. The molecule has 0 radical (unpaired) electrons. The highest BCUT2D eigenvalue weighted by Gasteiger charge is 2.06. The Morgan fingerprint density at radius 3 is 1.00 bits per heavy atom. The normalized spacial score (nSPS) is 10.6. The highest BCUT2D eigenvalue weighted by atomic mass is 17.1. The predicted octanol–water partition coefficient (Wildman–Crippen LogP) is 3.04. The van der Waals surface area contributed by atoms with E-state index in [9.17, 15) is 0 Å². The summed E-state index contributed by atoms with van der Waals surface area (Å²) in [7, 11) is 0. The molecule has 0 saturated heterocycles. The summed E-state index contributed by atoms with van der Waals surface area (Å²) in [6.07, 6.45) is 0. The van der Waals surface area contributed by atoms with Crippen molar-refractivity contribution in [1.29, 1.82) is 0 Å². The van der Waals surface area contributed by atoms with Gasteiger partial charge in [0, 0.05) is 5.54 Å². The minimum Gasteiger partial charge on any atom is -0.326 e. The van der Waals surface area contributed by atoms with Crippen molar-refractivity contribution in [3.8, 4) is 0 Å². The molecule has 0 fully saturated rings. The van der Waals surface area contributed by atoms with E-state index in [-0.39, 0.29) is 5.54 Å². The number of nitrogens with two attached hydrogens (primary N) is 1. The van der Waals surface area contributed by atoms with E-state index in [1.165, 1.54) is 0 Å². The van der Waals surface area contributed by atoms with E-state index >= 15 is 0 Å². The van der Waals surface area contributed by atoms with Crippen LogP contribution in [0.2, 0.25) is 0 Å². The summed E-state index contributed by atoms with van der Waals surface area (Å²) in [6.45, 7) is 15.2. The lowest BCUT2D eigenvalue weighted by molar-refractivity contribution is -0.306. The van der Waals surface area contributed by atoms with Crippen LogP contribution < -0.4 is 5.73 Å². The Bertz CT molecular complexity index is 84.1. The van der Waals surface area contributed by atoms with Gasteiger partial charge in [-0.15, -0.1) is 0 Å². The average molecular weight is 193 g/mol. The van der Waals surface area contributed by atoms with E-state index in [1.807, 2.05) is 34.6 Å². The van der Waals surface area contributed by atoms with Crippen LogP contribution in [0.3, 0.4) is 0 Å². The fourth-order valence-corrected chi connectivity index (χ4v) is 0. The highest BCUT2D eigenvalue weighted by Crippen LogP contribution is 2.01. The molecule has 0 unspecified atom stereocenters. The monoisotopic (exact) mass is 193 g/mol. The van der Waals surface area contributed by atoms with Gasteiger partial charge in [0.2, 0.25) is 0 Å². The summed E-state index contributed by atoms with van der Waals surface area (Å²) >= 11 is 0. The first-order valence-corrected chi connectivity index (χ1v) is 4.68. The molecular formula is C10H27NO2. The molecule has 0 aromatic rings. The molecule has 0 aliphatic heterocycles. The average Bonchev–Trinajstić information content (AvgIpc) is 1.87. The third-order valence-electron chi connectivity index (χ3n) is 0.274.